The number of rotatable bonds is 8. The highest BCUT2D eigenvalue weighted by atomic mass is 19.4. The Kier molecular flexibility index (Phi) is 6.44. The van der Waals surface area contributed by atoms with Crippen LogP contribution >= 0.6 is 0 Å². The van der Waals surface area contributed by atoms with Gasteiger partial charge in [0.15, 0.2) is 0 Å². The Labute approximate surface area is 133 Å². The molecule has 0 spiro atoms. The van der Waals surface area contributed by atoms with Crippen LogP contribution in [0.1, 0.15) is 25.3 Å². The molecule has 0 fully saturated rings. The van der Waals surface area contributed by atoms with Crippen molar-refractivity contribution in [1.29, 1.82) is 0 Å². The van der Waals surface area contributed by atoms with Crippen LogP contribution in [0.5, 0.6) is 5.75 Å². The van der Waals surface area contributed by atoms with E-state index in [1.165, 1.54) is 24.3 Å². The second kappa shape index (κ2) is 7.71. The van der Waals surface area contributed by atoms with Gasteiger partial charge in [-0.15, -0.1) is 0 Å². The SMILES string of the molecule is CCCCOc1ccc(/C=N/NC(F)(F)C(F)(F)C(F)(F)F)cc1. The van der Waals surface area contributed by atoms with E-state index in [9.17, 15) is 30.7 Å². The van der Waals surface area contributed by atoms with Gasteiger partial charge in [-0.25, -0.2) is 5.43 Å². The molecule has 1 N–H and O–H groups in total. The molecule has 0 radical (unpaired) electrons. The third-order valence-corrected chi connectivity index (χ3v) is 2.82. The molecule has 24 heavy (non-hydrogen) atoms. The van der Waals surface area contributed by atoms with Gasteiger partial charge in [0, 0.05) is 0 Å². The summed E-state index contributed by atoms with van der Waals surface area (Å²) in [6, 6.07) is 0.156. The lowest BCUT2D eigenvalue weighted by Gasteiger charge is -2.27. The van der Waals surface area contributed by atoms with E-state index < -0.39 is 18.1 Å². The van der Waals surface area contributed by atoms with Crippen molar-refractivity contribution in [3.63, 3.8) is 0 Å². The molecule has 0 heterocycles. The Bertz CT molecular complexity index is 541. The molecule has 0 aromatic heterocycles. The molecular weight excluding hydrogens is 345 g/mol. The largest absolute Gasteiger partial charge is 0.494 e. The molecule has 3 nitrogen and oxygen atoms in total. The van der Waals surface area contributed by atoms with Crippen LogP contribution in [-0.2, 0) is 0 Å². The molecule has 1 aromatic carbocycles. The van der Waals surface area contributed by atoms with Crippen molar-refractivity contribution in [2.45, 2.75) is 37.9 Å². The fraction of sp³-hybridized carbons (Fsp3) is 0.500. The quantitative estimate of drug-likeness (QED) is 0.242. The molecule has 0 aliphatic heterocycles. The first-order chi connectivity index (χ1) is 11.0. The van der Waals surface area contributed by atoms with Crippen LogP contribution in [0.3, 0.4) is 0 Å². The zero-order valence-electron chi connectivity index (χ0n) is 12.5. The Morgan fingerprint density at radius 1 is 1.04 bits per heavy atom. The van der Waals surface area contributed by atoms with E-state index in [4.69, 9.17) is 4.74 Å². The molecule has 10 heteroatoms. The summed E-state index contributed by atoms with van der Waals surface area (Å²) in [5.41, 5.74) is 0.751. The highest BCUT2D eigenvalue weighted by Gasteiger charge is 2.73. The van der Waals surface area contributed by atoms with Crippen LogP contribution in [0.15, 0.2) is 29.4 Å². The standard InChI is InChI=1S/C14H15F7N2O/c1-2-3-8-24-11-6-4-10(5-7-11)9-22-23-14(20,21)12(15,16)13(17,18)19/h4-7,9,23H,2-3,8H2,1H3/b22-9+. The lowest BCUT2D eigenvalue weighted by molar-refractivity contribution is -0.361. The number of nitrogens with one attached hydrogen (secondary N) is 1. The van der Waals surface area contributed by atoms with Crippen LogP contribution in [0.4, 0.5) is 30.7 Å². The van der Waals surface area contributed by atoms with Gasteiger partial charge in [-0.3, -0.25) is 0 Å². The highest BCUT2D eigenvalue weighted by Crippen LogP contribution is 2.44. The van der Waals surface area contributed by atoms with Gasteiger partial charge in [0.05, 0.1) is 12.8 Å². The van der Waals surface area contributed by atoms with Gasteiger partial charge < -0.3 is 4.74 Å². The smallest absolute Gasteiger partial charge is 0.462 e. The Morgan fingerprint density at radius 2 is 1.62 bits per heavy atom. The zero-order valence-corrected chi connectivity index (χ0v) is 12.5. The van der Waals surface area contributed by atoms with Crippen LogP contribution < -0.4 is 10.2 Å². The molecule has 1 rings (SSSR count). The second-order valence-electron chi connectivity index (χ2n) is 4.79. The molecule has 0 atom stereocenters. The number of unbranched alkanes of at least 4 members (excludes halogenated alkanes) is 1. The van der Waals surface area contributed by atoms with E-state index in [0.29, 0.717) is 24.0 Å². The molecule has 0 saturated heterocycles. The maximum Gasteiger partial charge on any atom is 0.462 e. The van der Waals surface area contributed by atoms with Crippen molar-refractivity contribution in [1.82, 2.24) is 5.43 Å². The number of nitrogens with zero attached hydrogens (tertiary/aromatic N) is 1. The lowest BCUT2D eigenvalue weighted by atomic mass is 10.2. The first kappa shape index (κ1) is 20.0. The monoisotopic (exact) mass is 360 g/mol. The van der Waals surface area contributed by atoms with Crippen molar-refractivity contribution < 1.29 is 35.5 Å². The van der Waals surface area contributed by atoms with Crippen molar-refractivity contribution >= 4 is 6.21 Å². The summed E-state index contributed by atoms with van der Waals surface area (Å²) >= 11 is 0. The maximum atomic E-state index is 12.9. The van der Waals surface area contributed by atoms with Crippen molar-refractivity contribution in [3.8, 4) is 5.75 Å². The third-order valence-electron chi connectivity index (χ3n) is 2.82. The topological polar surface area (TPSA) is 33.6 Å². The van der Waals surface area contributed by atoms with Crippen molar-refractivity contribution in [2.24, 2.45) is 5.10 Å². The number of benzene rings is 1. The summed E-state index contributed by atoms with van der Waals surface area (Å²) in [6.45, 7) is 2.47. The van der Waals surface area contributed by atoms with Crippen molar-refractivity contribution in [2.75, 3.05) is 6.61 Å². The summed E-state index contributed by atoms with van der Waals surface area (Å²) in [5, 5.41) is 2.75. The van der Waals surface area contributed by atoms with E-state index in [0.717, 1.165) is 12.8 Å². The normalized spacial score (nSPS) is 13.3. The minimum absolute atomic E-state index is 0.205. The Balaban J connectivity index is 2.66. The molecule has 0 bridgehead atoms. The van der Waals surface area contributed by atoms with E-state index >= 15 is 0 Å². The number of halogens is 7. The van der Waals surface area contributed by atoms with E-state index in [1.807, 2.05) is 6.92 Å². The highest BCUT2D eigenvalue weighted by molar-refractivity contribution is 5.79. The summed E-state index contributed by atoms with van der Waals surface area (Å²) in [5.74, 6) is -5.75. The molecule has 0 aliphatic carbocycles. The Hall–Kier alpha value is -2.00. The van der Waals surface area contributed by atoms with Crippen LogP contribution in [-0.4, -0.2) is 31.0 Å². The van der Waals surface area contributed by atoms with E-state index in [1.54, 1.807) is 0 Å². The summed E-state index contributed by atoms with van der Waals surface area (Å²) in [4.78, 5) is 0. The summed E-state index contributed by atoms with van der Waals surface area (Å²) in [6.07, 6.45) is -3.94. The average molecular weight is 360 g/mol. The molecule has 0 aliphatic rings. The van der Waals surface area contributed by atoms with Gasteiger partial charge in [-0.2, -0.15) is 35.8 Å². The van der Waals surface area contributed by atoms with Gasteiger partial charge in [0.1, 0.15) is 5.75 Å². The molecule has 1 aromatic rings. The maximum absolute atomic E-state index is 12.9. The number of hydrogen-bond donors (Lipinski definition) is 1. The predicted molar refractivity (Wildman–Crippen MR) is 73.5 cm³/mol. The fourth-order valence-electron chi connectivity index (χ4n) is 1.42. The Morgan fingerprint density at radius 3 is 2.12 bits per heavy atom. The summed E-state index contributed by atoms with van der Waals surface area (Å²) in [7, 11) is 0. The van der Waals surface area contributed by atoms with Crippen LogP contribution in [0.25, 0.3) is 0 Å². The van der Waals surface area contributed by atoms with Gasteiger partial charge >= 0.3 is 18.1 Å². The fourth-order valence-corrected chi connectivity index (χ4v) is 1.42. The van der Waals surface area contributed by atoms with Gasteiger partial charge in [0.2, 0.25) is 0 Å². The molecule has 136 valence electrons. The van der Waals surface area contributed by atoms with E-state index in [-0.39, 0.29) is 5.56 Å². The first-order valence-electron chi connectivity index (χ1n) is 6.86. The van der Waals surface area contributed by atoms with Gasteiger partial charge in [-0.05, 0) is 36.2 Å². The zero-order chi connectivity index (χ0) is 18.4. The van der Waals surface area contributed by atoms with Crippen LogP contribution in [0.2, 0.25) is 0 Å². The number of hydrogen-bond acceptors (Lipinski definition) is 3. The van der Waals surface area contributed by atoms with Gasteiger partial charge in [0.25, 0.3) is 0 Å². The molecule has 0 amide bonds. The number of ether oxygens (including phenoxy) is 1. The minimum atomic E-state index is -6.41. The lowest BCUT2D eigenvalue weighted by Crippen LogP contribution is -2.58. The van der Waals surface area contributed by atoms with Gasteiger partial charge in [-0.1, -0.05) is 13.3 Å². The third kappa shape index (κ3) is 5.00. The number of alkyl halides is 7. The number of hydrazone groups is 1. The van der Waals surface area contributed by atoms with E-state index in [2.05, 4.69) is 5.10 Å². The predicted octanol–water partition coefficient (Wildman–Crippen LogP) is 4.58. The molecule has 0 unspecified atom stereocenters. The average Bonchev–Trinajstić information content (AvgIpc) is 2.47. The van der Waals surface area contributed by atoms with Crippen molar-refractivity contribution in [3.05, 3.63) is 29.8 Å². The minimum Gasteiger partial charge on any atom is -0.494 e. The molecule has 0 saturated carbocycles. The second-order valence-corrected chi connectivity index (χ2v) is 4.79. The van der Waals surface area contributed by atoms with Crippen LogP contribution in [0, 0.1) is 0 Å². The molecular formula is C14H15F7N2O. The summed E-state index contributed by atoms with van der Waals surface area (Å²) < 4.78 is 92.1. The first-order valence-corrected chi connectivity index (χ1v) is 6.86.